The number of hydrogen-bond donors (Lipinski definition) is 0. The Hall–Kier alpha value is -1.86. The molecule has 0 radical (unpaired) electrons. The third-order valence-electron chi connectivity index (χ3n) is 2.60. The second-order valence-corrected chi connectivity index (χ2v) is 4.96. The zero-order chi connectivity index (χ0) is 13.0. The Bertz CT molecular complexity index is 602. The molecule has 0 saturated carbocycles. The molecule has 0 fully saturated rings. The molecule has 3 nitrogen and oxygen atoms in total. The molecule has 0 atom stereocenters. The Kier molecular flexibility index (Phi) is 3.96. The van der Waals surface area contributed by atoms with Crippen LogP contribution in [0.25, 0.3) is 0 Å². The molecule has 1 aromatic carbocycles. The first kappa shape index (κ1) is 12.6. The van der Waals surface area contributed by atoms with Crippen molar-refractivity contribution in [2.24, 2.45) is 0 Å². The minimum atomic E-state index is 0.702. The molecule has 0 spiro atoms. The van der Waals surface area contributed by atoms with E-state index < -0.39 is 0 Å². The summed E-state index contributed by atoms with van der Waals surface area (Å²) in [5.74, 6) is 0.820. The largest absolute Gasteiger partial charge is 0.231 e. The van der Waals surface area contributed by atoms with E-state index in [0.29, 0.717) is 5.56 Å². The Balaban J connectivity index is 2.09. The van der Waals surface area contributed by atoms with Crippen LogP contribution in [0.2, 0.25) is 0 Å². The Morgan fingerprint density at radius 2 is 2.11 bits per heavy atom. The van der Waals surface area contributed by atoms with E-state index in [0.717, 1.165) is 22.2 Å². The summed E-state index contributed by atoms with van der Waals surface area (Å²) >= 11 is 1.61. The number of thioether (sulfide) groups is 1. The van der Waals surface area contributed by atoms with E-state index in [4.69, 9.17) is 5.26 Å². The summed E-state index contributed by atoms with van der Waals surface area (Å²) in [4.78, 5) is 8.57. The van der Waals surface area contributed by atoms with Crippen molar-refractivity contribution in [2.45, 2.75) is 24.8 Å². The van der Waals surface area contributed by atoms with Gasteiger partial charge in [0.1, 0.15) is 0 Å². The predicted molar refractivity (Wildman–Crippen MR) is 72.2 cm³/mol. The summed E-state index contributed by atoms with van der Waals surface area (Å²) in [6.07, 6.45) is 1.77. The molecule has 0 aliphatic heterocycles. The van der Waals surface area contributed by atoms with E-state index in [2.05, 4.69) is 16.0 Å². The normalized spacial score (nSPS) is 10.1. The lowest BCUT2D eigenvalue weighted by Gasteiger charge is -2.05. The first-order chi connectivity index (χ1) is 8.69. The SMILES string of the molecule is Cc1ccnc(SCc2ccc(C#N)cc2C)n1. The molecule has 18 heavy (non-hydrogen) atoms. The minimum absolute atomic E-state index is 0.702. The smallest absolute Gasteiger partial charge is 0.188 e. The third kappa shape index (κ3) is 3.08. The summed E-state index contributed by atoms with van der Waals surface area (Å²) in [7, 11) is 0. The van der Waals surface area contributed by atoms with E-state index in [1.54, 1.807) is 18.0 Å². The molecule has 0 unspecified atom stereocenters. The molecule has 1 heterocycles. The zero-order valence-electron chi connectivity index (χ0n) is 10.3. The van der Waals surface area contributed by atoms with Crippen LogP contribution in [0.5, 0.6) is 0 Å². The maximum atomic E-state index is 8.82. The van der Waals surface area contributed by atoms with E-state index in [-0.39, 0.29) is 0 Å². The molecule has 90 valence electrons. The van der Waals surface area contributed by atoms with Crippen molar-refractivity contribution in [3.8, 4) is 6.07 Å². The van der Waals surface area contributed by atoms with E-state index in [1.807, 2.05) is 38.1 Å². The monoisotopic (exact) mass is 255 g/mol. The second-order valence-electron chi connectivity index (χ2n) is 4.02. The maximum absolute atomic E-state index is 8.82. The molecular weight excluding hydrogens is 242 g/mol. The molecule has 2 rings (SSSR count). The molecule has 0 N–H and O–H groups in total. The van der Waals surface area contributed by atoms with Gasteiger partial charge in [0.2, 0.25) is 0 Å². The summed E-state index contributed by atoms with van der Waals surface area (Å²) in [5, 5.41) is 9.61. The molecular formula is C14H13N3S. The van der Waals surface area contributed by atoms with Crippen LogP contribution >= 0.6 is 11.8 Å². The fourth-order valence-electron chi connectivity index (χ4n) is 1.57. The van der Waals surface area contributed by atoms with Gasteiger partial charge >= 0.3 is 0 Å². The lowest BCUT2D eigenvalue weighted by atomic mass is 10.1. The van der Waals surface area contributed by atoms with Crippen LogP contribution in [-0.2, 0) is 5.75 Å². The molecule has 0 amide bonds. The highest BCUT2D eigenvalue weighted by atomic mass is 32.2. The van der Waals surface area contributed by atoms with Gasteiger partial charge in [-0.15, -0.1) is 0 Å². The molecule has 4 heteroatoms. The molecule has 1 aromatic heterocycles. The predicted octanol–water partition coefficient (Wildman–Crippen LogP) is 3.26. The number of hydrogen-bond acceptors (Lipinski definition) is 4. The molecule has 2 aromatic rings. The van der Waals surface area contributed by atoms with Crippen LogP contribution in [0.1, 0.15) is 22.4 Å². The minimum Gasteiger partial charge on any atom is -0.231 e. The highest BCUT2D eigenvalue weighted by molar-refractivity contribution is 7.98. The summed E-state index contributed by atoms with van der Waals surface area (Å²) in [5.41, 5.74) is 4.02. The van der Waals surface area contributed by atoms with Gasteiger partial charge in [-0.2, -0.15) is 5.26 Å². The fraction of sp³-hybridized carbons (Fsp3) is 0.214. The Morgan fingerprint density at radius 3 is 2.78 bits per heavy atom. The molecule has 0 aliphatic rings. The Morgan fingerprint density at radius 1 is 1.28 bits per heavy atom. The van der Waals surface area contributed by atoms with Crippen LogP contribution in [0.3, 0.4) is 0 Å². The van der Waals surface area contributed by atoms with Gasteiger partial charge in [0.15, 0.2) is 5.16 Å². The lowest BCUT2D eigenvalue weighted by molar-refractivity contribution is 0.931. The summed E-state index contributed by atoms with van der Waals surface area (Å²) in [6.45, 7) is 3.98. The van der Waals surface area contributed by atoms with Crippen molar-refractivity contribution in [1.29, 1.82) is 5.26 Å². The van der Waals surface area contributed by atoms with Gasteiger partial charge in [-0.25, -0.2) is 9.97 Å². The second kappa shape index (κ2) is 5.65. The highest BCUT2D eigenvalue weighted by Gasteiger charge is 2.03. The number of nitrogens with zero attached hydrogens (tertiary/aromatic N) is 3. The average molecular weight is 255 g/mol. The quantitative estimate of drug-likeness (QED) is 0.624. The van der Waals surface area contributed by atoms with Gasteiger partial charge in [0.05, 0.1) is 11.6 Å². The first-order valence-corrected chi connectivity index (χ1v) is 6.59. The van der Waals surface area contributed by atoms with Crippen molar-refractivity contribution >= 4 is 11.8 Å². The van der Waals surface area contributed by atoms with Crippen LogP contribution in [0, 0.1) is 25.2 Å². The van der Waals surface area contributed by atoms with Crippen LogP contribution in [-0.4, -0.2) is 9.97 Å². The van der Waals surface area contributed by atoms with Crippen molar-refractivity contribution < 1.29 is 0 Å². The number of benzene rings is 1. The van der Waals surface area contributed by atoms with Gasteiger partial charge < -0.3 is 0 Å². The standard InChI is InChI=1S/C14H13N3S/c1-10-7-12(8-15)3-4-13(10)9-18-14-16-6-5-11(2)17-14/h3-7H,9H2,1-2H3. The van der Waals surface area contributed by atoms with Gasteiger partial charge in [0.25, 0.3) is 0 Å². The molecule has 0 saturated heterocycles. The van der Waals surface area contributed by atoms with Gasteiger partial charge in [-0.05, 0) is 43.2 Å². The maximum Gasteiger partial charge on any atom is 0.188 e. The van der Waals surface area contributed by atoms with E-state index in [9.17, 15) is 0 Å². The van der Waals surface area contributed by atoms with Crippen molar-refractivity contribution in [1.82, 2.24) is 9.97 Å². The lowest BCUT2D eigenvalue weighted by Crippen LogP contribution is -1.91. The third-order valence-corrected chi connectivity index (χ3v) is 3.51. The number of aromatic nitrogens is 2. The summed E-state index contributed by atoms with van der Waals surface area (Å²) < 4.78 is 0. The van der Waals surface area contributed by atoms with Gasteiger partial charge in [-0.1, -0.05) is 17.8 Å². The zero-order valence-corrected chi connectivity index (χ0v) is 11.2. The highest BCUT2D eigenvalue weighted by Crippen LogP contribution is 2.21. The fourth-order valence-corrected chi connectivity index (χ4v) is 2.52. The molecule has 0 aliphatic carbocycles. The Labute approximate surface area is 111 Å². The first-order valence-electron chi connectivity index (χ1n) is 5.61. The number of nitriles is 1. The van der Waals surface area contributed by atoms with Crippen LogP contribution in [0.15, 0.2) is 35.6 Å². The van der Waals surface area contributed by atoms with E-state index in [1.165, 1.54) is 5.56 Å². The number of rotatable bonds is 3. The van der Waals surface area contributed by atoms with Crippen molar-refractivity contribution in [2.75, 3.05) is 0 Å². The summed E-state index contributed by atoms with van der Waals surface area (Å²) in [6, 6.07) is 9.78. The number of aryl methyl sites for hydroxylation is 2. The topological polar surface area (TPSA) is 49.6 Å². The van der Waals surface area contributed by atoms with Crippen molar-refractivity contribution in [3.63, 3.8) is 0 Å². The average Bonchev–Trinajstić information content (AvgIpc) is 2.37. The van der Waals surface area contributed by atoms with Gasteiger partial charge in [0, 0.05) is 17.6 Å². The van der Waals surface area contributed by atoms with Crippen LogP contribution < -0.4 is 0 Å². The van der Waals surface area contributed by atoms with Crippen LogP contribution in [0.4, 0.5) is 0 Å². The van der Waals surface area contributed by atoms with E-state index >= 15 is 0 Å². The molecule has 0 bridgehead atoms. The van der Waals surface area contributed by atoms with Gasteiger partial charge in [-0.3, -0.25) is 0 Å². The van der Waals surface area contributed by atoms with Crippen molar-refractivity contribution in [3.05, 3.63) is 52.8 Å².